The number of aliphatic hydroxyl groups excluding tert-OH is 1. The Balaban J connectivity index is 1.35. The van der Waals surface area contributed by atoms with Crippen molar-refractivity contribution < 1.29 is 14.6 Å². The van der Waals surface area contributed by atoms with E-state index in [0.29, 0.717) is 24.4 Å². The number of H-pyrrole nitrogens is 1. The maximum atomic E-state index is 12.6. The molecule has 0 aliphatic carbocycles. The van der Waals surface area contributed by atoms with Crippen LogP contribution in [0.2, 0.25) is 0 Å². The molecule has 1 unspecified atom stereocenters. The van der Waals surface area contributed by atoms with Gasteiger partial charge in [0.25, 0.3) is 0 Å². The average molecular weight is 432 g/mol. The van der Waals surface area contributed by atoms with Crippen LogP contribution in [0.3, 0.4) is 0 Å². The van der Waals surface area contributed by atoms with Crippen molar-refractivity contribution in [2.45, 2.75) is 18.9 Å². The normalized spacial score (nSPS) is 16.5. The second kappa shape index (κ2) is 8.99. The van der Waals surface area contributed by atoms with Gasteiger partial charge in [-0.2, -0.15) is 5.10 Å². The number of aryl methyl sites for hydroxylation is 1. The van der Waals surface area contributed by atoms with Crippen LogP contribution in [-0.4, -0.2) is 68.5 Å². The number of nitrogens with zero attached hydrogens (tertiary/aromatic N) is 4. The number of fused-ring (bicyclic) bond motifs is 1. The number of hydrogen-bond acceptors (Lipinski definition) is 7. The summed E-state index contributed by atoms with van der Waals surface area (Å²) in [6.45, 7) is 2.03. The Kier molecular flexibility index (Phi) is 5.76. The molecular formula is C23H24N6O3. The lowest BCUT2D eigenvalue weighted by Crippen LogP contribution is -2.43. The van der Waals surface area contributed by atoms with E-state index in [4.69, 9.17) is 9.84 Å². The van der Waals surface area contributed by atoms with Gasteiger partial charge in [0.05, 0.1) is 24.0 Å². The number of rotatable bonds is 7. The van der Waals surface area contributed by atoms with Crippen molar-refractivity contribution in [1.82, 2.24) is 30.5 Å². The highest BCUT2D eigenvalue weighted by molar-refractivity contribution is 5.99. The molecule has 1 aliphatic heterocycles. The molecule has 9 nitrogen and oxygen atoms in total. The van der Waals surface area contributed by atoms with Crippen LogP contribution in [0.5, 0.6) is 0 Å². The van der Waals surface area contributed by atoms with Crippen molar-refractivity contribution in [3.8, 4) is 17.1 Å². The molecule has 32 heavy (non-hydrogen) atoms. The minimum Gasteiger partial charge on any atom is -0.396 e. The highest BCUT2D eigenvalue weighted by atomic mass is 16.5. The van der Waals surface area contributed by atoms with E-state index in [0.717, 1.165) is 47.2 Å². The van der Waals surface area contributed by atoms with E-state index in [9.17, 15) is 4.79 Å². The van der Waals surface area contributed by atoms with E-state index in [1.54, 1.807) is 16.8 Å². The zero-order valence-corrected chi connectivity index (χ0v) is 17.5. The number of nitrogens with one attached hydrogen (secondary N) is 2. The van der Waals surface area contributed by atoms with Gasteiger partial charge in [0.1, 0.15) is 17.5 Å². The standard InChI is InChI=1S/C23H24N6O3/c30-10-1-2-15-3-8-18-19(12-15)25-27-22(18)20-14-29(28-26-20)17-6-4-16(5-7-17)23(31)21-13-24-9-11-32-21/h3-8,12,14,21,24,30H,1-2,9-11,13H2,(H,25,27). The summed E-state index contributed by atoms with van der Waals surface area (Å²) in [4.78, 5) is 12.6. The van der Waals surface area contributed by atoms with E-state index < -0.39 is 6.10 Å². The van der Waals surface area contributed by atoms with E-state index in [2.05, 4.69) is 25.8 Å². The van der Waals surface area contributed by atoms with Crippen molar-refractivity contribution in [1.29, 1.82) is 0 Å². The molecule has 0 bridgehead atoms. The molecule has 2 aromatic carbocycles. The smallest absolute Gasteiger partial charge is 0.192 e. The Hall–Kier alpha value is -3.40. The number of aromatic amines is 1. The third-order valence-corrected chi connectivity index (χ3v) is 5.62. The maximum Gasteiger partial charge on any atom is 0.192 e. The first-order valence-electron chi connectivity index (χ1n) is 10.7. The van der Waals surface area contributed by atoms with Gasteiger partial charge in [0.2, 0.25) is 0 Å². The average Bonchev–Trinajstić information content (AvgIpc) is 3.50. The van der Waals surface area contributed by atoms with Gasteiger partial charge in [-0.1, -0.05) is 17.3 Å². The number of aliphatic hydroxyl groups is 1. The lowest BCUT2D eigenvalue weighted by atomic mass is 10.1. The molecule has 3 heterocycles. The van der Waals surface area contributed by atoms with Crippen molar-refractivity contribution in [3.05, 3.63) is 59.8 Å². The van der Waals surface area contributed by atoms with Gasteiger partial charge in [-0.25, -0.2) is 4.68 Å². The Labute approximate surface area is 184 Å². The van der Waals surface area contributed by atoms with E-state index in [1.165, 1.54) is 0 Å². The van der Waals surface area contributed by atoms with Crippen LogP contribution in [-0.2, 0) is 11.2 Å². The largest absolute Gasteiger partial charge is 0.396 e. The van der Waals surface area contributed by atoms with Gasteiger partial charge in [-0.15, -0.1) is 5.10 Å². The summed E-state index contributed by atoms with van der Waals surface area (Å²) < 4.78 is 7.22. The molecule has 164 valence electrons. The monoisotopic (exact) mass is 432 g/mol. The van der Waals surface area contributed by atoms with Gasteiger partial charge in [-0.3, -0.25) is 9.89 Å². The summed E-state index contributed by atoms with van der Waals surface area (Å²) in [6.07, 6.45) is 2.93. The number of carbonyl (C=O) groups excluding carboxylic acids is 1. The molecule has 0 amide bonds. The van der Waals surface area contributed by atoms with Crippen LogP contribution >= 0.6 is 0 Å². The molecule has 4 aromatic rings. The summed E-state index contributed by atoms with van der Waals surface area (Å²) in [5, 5.41) is 29.2. The number of hydrogen-bond donors (Lipinski definition) is 3. The minimum absolute atomic E-state index is 0.0237. The second-order valence-electron chi connectivity index (χ2n) is 7.80. The molecule has 9 heteroatoms. The molecule has 2 aromatic heterocycles. The Morgan fingerprint density at radius 3 is 2.88 bits per heavy atom. The maximum absolute atomic E-state index is 12.6. The summed E-state index contributed by atoms with van der Waals surface area (Å²) in [5.74, 6) is -0.0237. The van der Waals surface area contributed by atoms with Crippen LogP contribution in [0, 0.1) is 0 Å². The SMILES string of the molecule is O=C(c1ccc(-n2cc(-c3n[nH]c4cc(CCCO)ccc34)nn2)cc1)C1CNCCO1. The number of benzene rings is 2. The van der Waals surface area contributed by atoms with Crippen LogP contribution in [0.1, 0.15) is 22.3 Å². The van der Waals surface area contributed by atoms with Crippen molar-refractivity contribution in [2.24, 2.45) is 0 Å². The first-order chi connectivity index (χ1) is 15.7. The number of carbonyl (C=O) groups is 1. The third kappa shape index (κ3) is 4.05. The van der Waals surface area contributed by atoms with E-state index in [1.807, 2.05) is 36.5 Å². The second-order valence-corrected chi connectivity index (χ2v) is 7.80. The van der Waals surface area contributed by atoms with Gasteiger partial charge >= 0.3 is 0 Å². The van der Waals surface area contributed by atoms with Crippen LogP contribution in [0.25, 0.3) is 28.0 Å². The number of ether oxygens (including phenoxy) is 1. The number of morpholine rings is 1. The fourth-order valence-corrected chi connectivity index (χ4v) is 3.90. The molecule has 0 radical (unpaired) electrons. The van der Waals surface area contributed by atoms with Crippen molar-refractivity contribution in [3.63, 3.8) is 0 Å². The number of ketones is 1. The quantitative estimate of drug-likeness (QED) is 0.382. The summed E-state index contributed by atoms with van der Waals surface area (Å²) in [5.41, 5.74) is 4.86. The molecule has 0 saturated carbocycles. The predicted octanol–water partition coefficient (Wildman–Crippen LogP) is 1.91. The number of aromatic nitrogens is 5. The van der Waals surface area contributed by atoms with Gasteiger partial charge in [-0.05, 0) is 48.7 Å². The Morgan fingerprint density at radius 2 is 2.09 bits per heavy atom. The molecule has 0 spiro atoms. The Bertz CT molecular complexity index is 1220. The zero-order chi connectivity index (χ0) is 21.9. The number of Topliss-reactive ketones (excluding diaryl/α,β-unsaturated/α-hetero) is 1. The molecule has 1 saturated heterocycles. The van der Waals surface area contributed by atoms with Gasteiger partial charge < -0.3 is 15.2 Å². The van der Waals surface area contributed by atoms with Crippen LogP contribution < -0.4 is 5.32 Å². The minimum atomic E-state index is -0.440. The zero-order valence-electron chi connectivity index (χ0n) is 17.5. The topological polar surface area (TPSA) is 118 Å². The van der Waals surface area contributed by atoms with Gasteiger partial charge in [0, 0.05) is 30.6 Å². The fraction of sp³-hybridized carbons (Fsp3) is 0.304. The van der Waals surface area contributed by atoms with Crippen molar-refractivity contribution in [2.75, 3.05) is 26.3 Å². The summed E-state index contributed by atoms with van der Waals surface area (Å²) in [7, 11) is 0. The Morgan fingerprint density at radius 1 is 1.22 bits per heavy atom. The molecule has 1 aliphatic rings. The summed E-state index contributed by atoms with van der Waals surface area (Å²) >= 11 is 0. The molecule has 1 atom stereocenters. The van der Waals surface area contributed by atoms with E-state index >= 15 is 0 Å². The predicted molar refractivity (Wildman–Crippen MR) is 119 cm³/mol. The lowest BCUT2D eigenvalue weighted by Gasteiger charge is -2.22. The van der Waals surface area contributed by atoms with Crippen LogP contribution in [0.4, 0.5) is 0 Å². The first kappa shape index (κ1) is 20.5. The van der Waals surface area contributed by atoms with Crippen molar-refractivity contribution >= 4 is 16.7 Å². The van der Waals surface area contributed by atoms with E-state index in [-0.39, 0.29) is 12.4 Å². The lowest BCUT2D eigenvalue weighted by molar-refractivity contribution is 0.0269. The first-order valence-corrected chi connectivity index (χ1v) is 10.7. The molecular weight excluding hydrogens is 408 g/mol. The fourth-order valence-electron chi connectivity index (χ4n) is 3.90. The molecule has 5 rings (SSSR count). The van der Waals surface area contributed by atoms with Crippen LogP contribution in [0.15, 0.2) is 48.7 Å². The third-order valence-electron chi connectivity index (χ3n) is 5.62. The molecule has 3 N–H and O–H groups in total. The molecule has 1 fully saturated rings. The summed E-state index contributed by atoms with van der Waals surface area (Å²) in [6, 6.07) is 13.4. The highest BCUT2D eigenvalue weighted by Crippen LogP contribution is 2.26. The van der Waals surface area contributed by atoms with Gasteiger partial charge in [0.15, 0.2) is 5.78 Å². The highest BCUT2D eigenvalue weighted by Gasteiger charge is 2.23.